The molecule has 5 heterocycles. The summed E-state index contributed by atoms with van der Waals surface area (Å²) in [5.74, 6) is 2.26. The fourth-order valence-electron chi connectivity index (χ4n) is 4.48. The van der Waals surface area contributed by atoms with Crippen LogP contribution in [0.15, 0.2) is 11.3 Å². The zero-order chi connectivity index (χ0) is 25.3. The van der Waals surface area contributed by atoms with Crippen LogP contribution in [0, 0.1) is 0 Å². The van der Waals surface area contributed by atoms with Crippen LogP contribution in [0.3, 0.4) is 0 Å². The lowest BCUT2D eigenvalue weighted by Gasteiger charge is -2.39. The van der Waals surface area contributed by atoms with E-state index in [2.05, 4.69) is 45.5 Å². The Balaban J connectivity index is 1.06. The number of fused-ring (bicyclic) bond motifs is 1. The summed E-state index contributed by atoms with van der Waals surface area (Å²) in [6, 6.07) is 0. The van der Waals surface area contributed by atoms with Gasteiger partial charge in [0.05, 0.1) is 18.6 Å². The first-order valence-corrected chi connectivity index (χ1v) is 12.1. The highest BCUT2D eigenvalue weighted by Crippen LogP contribution is 2.26. The van der Waals surface area contributed by atoms with Gasteiger partial charge in [0.2, 0.25) is 5.91 Å². The Morgan fingerprint density at radius 3 is 2.69 bits per heavy atom. The second kappa shape index (κ2) is 9.60. The van der Waals surface area contributed by atoms with Crippen molar-refractivity contribution in [2.75, 3.05) is 36.8 Å². The van der Waals surface area contributed by atoms with Gasteiger partial charge in [0.25, 0.3) is 0 Å². The molecule has 2 aliphatic rings. The minimum Gasteiger partial charge on any atom is -0.382 e. The Hall–Kier alpha value is -3.94. The van der Waals surface area contributed by atoms with Crippen molar-refractivity contribution < 1.29 is 4.79 Å². The van der Waals surface area contributed by atoms with Gasteiger partial charge in [-0.3, -0.25) is 9.79 Å². The lowest BCUT2D eigenvalue weighted by Crippen LogP contribution is -2.56. The molecule has 1 amide bonds. The van der Waals surface area contributed by atoms with Crippen LogP contribution in [0.2, 0.25) is 5.15 Å². The lowest BCUT2D eigenvalue weighted by atomic mass is 9.88. The molecule has 9 N–H and O–H groups in total. The Labute approximate surface area is 211 Å². The largest absolute Gasteiger partial charge is 0.382 e. The van der Waals surface area contributed by atoms with Crippen molar-refractivity contribution in [3.63, 3.8) is 0 Å². The Bertz CT molecular complexity index is 1310. The third kappa shape index (κ3) is 4.89. The maximum atomic E-state index is 12.8. The normalized spacial score (nSPS) is 16.8. The first-order valence-electron chi connectivity index (χ1n) is 11.7. The third-order valence-electron chi connectivity index (χ3n) is 6.57. The van der Waals surface area contributed by atoms with Gasteiger partial charge < -0.3 is 37.7 Å². The van der Waals surface area contributed by atoms with E-state index in [9.17, 15) is 4.79 Å². The Morgan fingerprint density at radius 1 is 1.11 bits per heavy atom. The Kier molecular flexibility index (Phi) is 6.35. The molecule has 15 heteroatoms. The van der Waals surface area contributed by atoms with Crippen LogP contribution in [0.1, 0.15) is 37.2 Å². The van der Waals surface area contributed by atoms with E-state index in [0.717, 1.165) is 18.7 Å². The number of piperidine rings is 1. The van der Waals surface area contributed by atoms with Gasteiger partial charge in [-0.1, -0.05) is 11.6 Å². The lowest BCUT2D eigenvalue weighted by molar-refractivity contribution is -0.132. The third-order valence-corrected chi connectivity index (χ3v) is 6.85. The summed E-state index contributed by atoms with van der Waals surface area (Å²) in [6.07, 6.45) is 4.78. The number of hydrogen-bond acceptors (Lipinski definition) is 12. The number of nitrogen functional groups attached to an aromatic ring is 3. The van der Waals surface area contributed by atoms with Gasteiger partial charge in [-0.15, -0.1) is 0 Å². The maximum absolute atomic E-state index is 12.8. The van der Waals surface area contributed by atoms with E-state index < -0.39 is 0 Å². The molecule has 0 bridgehead atoms. The van der Waals surface area contributed by atoms with E-state index in [1.54, 1.807) is 0 Å². The molecule has 3 aromatic heterocycles. The van der Waals surface area contributed by atoms with Crippen LogP contribution >= 0.6 is 11.6 Å². The molecule has 0 radical (unpaired) electrons. The van der Waals surface area contributed by atoms with Crippen molar-refractivity contribution in [3.05, 3.63) is 23.0 Å². The van der Waals surface area contributed by atoms with Gasteiger partial charge in [0.15, 0.2) is 28.4 Å². The average molecular weight is 514 g/mol. The fraction of sp³-hybridized carbons (Fsp3) is 0.476. The summed E-state index contributed by atoms with van der Waals surface area (Å²) >= 11 is 5.95. The molecule has 1 fully saturated rings. The number of hydrogen-bond donors (Lipinski definition) is 6. The molecule has 0 aromatic carbocycles. The number of aliphatic imine (C=N–C) groups is 1. The summed E-state index contributed by atoms with van der Waals surface area (Å²) in [4.78, 5) is 43.1. The van der Waals surface area contributed by atoms with Crippen LogP contribution in [0.5, 0.6) is 0 Å². The molecule has 0 saturated carbocycles. The van der Waals surface area contributed by atoms with Crippen molar-refractivity contribution in [1.82, 2.24) is 45.4 Å². The minimum atomic E-state index is -0.162. The van der Waals surface area contributed by atoms with E-state index in [1.807, 2.05) is 4.90 Å². The van der Waals surface area contributed by atoms with E-state index in [4.69, 9.17) is 28.8 Å². The molecule has 0 aliphatic carbocycles. The van der Waals surface area contributed by atoms with Crippen LogP contribution in [0.4, 0.5) is 17.5 Å². The predicted octanol–water partition coefficient (Wildman–Crippen LogP) is -0.0242. The van der Waals surface area contributed by atoms with E-state index in [0.29, 0.717) is 74.1 Å². The molecule has 1 spiro atoms. The molecular weight excluding hydrogens is 486 g/mol. The average Bonchev–Trinajstić information content (AvgIpc) is 3.46. The molecule has 14 nitrogen and oxygen atoms in total. The SMILES string of the molecule is Nc1nc(N)c(CNC2=NCC3(CCN(C(=O)CCCc4nc5ncnc(N)c5[nH]4)CC3)N2)nc1Cl. The number of nitrogens with zero attached hydrogens (tertiary/aromatic N) is 7. The number of amides is 1. The number of aryl methyl sites for hydroxylation is 1. The number of imidazole rings is 1. The number of carbonyl (C=O) groups excluding carboxylic acids is 1. The van der Waals surface area contributed by atoms with Gasteiger partial charge in [-0.25, -0.2) is 24.9 Å². The molecule has 190 valence electrons. The summed E-state index contributed by atoms with van der Waals surface area (Å²) in [7, 11) is 0. The monoisotopic (exact) mass is 513 g/mol. The molecule has 0 unspecified atom stereocenters. The van der Waals surface area contributed by atoms with E-state index >= 15 is 0 Å². The minimum absolute atomic E-state index is 0.101. The first kappa shape index (κ1) is 23.8. The highest BCUT2D eigenvalue weighted by atomic mass is 35.5. The number of likely N-dealkylation sites (tertiary alicyclic amines) is 1. The van der Waals surface area contributed by atoms with Crippen molar-refractivity contribution in [1.29, 1.82) is 0 Å². The first-order chi connectivity index (χ1) is 17.3. The number of halogens is 1. The van der Waals surface area contributed by atoms with Gasteiger partial charge >= 0.3 is 0 Å². The number of nitrogens with one attached hydrogen (secondary N) is 3. The standard InChI is InChI=1S/C21H28ClN13O/c22-15-18(25)33-16(23)11(30-15)8-26-20-27-9-21(34-20)4-6-35(7-5-21)13(36)3-1-2-12-31-14-17(24)28-10-29-19(14)32-12/h10H,1-9H2,(H4,23,25,33)(H2,26,27,34)(H3,24,28,29,31,32). The summed E-state index contributed by atoms with van der Waals surface area (Å²) in [5, 5.41) is 6.80. The number of aromatic nitrogens is 6. The van der Waals surface area contributed by atoms with Gasteiger partial charge in [-0.05, 0) is 19.3 Å². The number of nitrogens with two attached hydrogens (primary N) is 3. The van der Waals surface area contributed by atoms with Crippen LogP contribution in [-0.2, 0) is 17.8 Å². The maximum Gasteiger partial charge on any atom is 0.222 e. The number of anilines is 3. The second-order valence-corrected chi connectivity index (χ2v) is 9.39. The Morgan fingerprint density at radius 2 is 1.92 bits per heavy atom. The highest BCUT2D eigenvalue weighted by molar-refractivity contribution is 6.31. The van der Waals surface area contributed by atoms with E-state index in [1.165, 1.54) is 6.33 Å². The fourth-order valence-corrected chi connectivity index (χ4v) is 4.62. The van der Waals surface area contributed by atoms with Crippen molar-refractivity contribution in [3.8, 4) is 0 Å². The number of carbonyl (C=O) groups is 1. The molecule has 5 rings (SSSR count). The number of guanidine groups is 1. The zero-order valence-electron chi connectivity index (χ0n) is 19.6. The number of rotatable bonds is 6. The molecular formula is C21H28ClN13O. The predicted molar refractivity (Wildman–Crippen MR) is 136 cm³/mol. The topological polar surface area (TPSA) is 215 Å². The van der Waals surface area contributed by atoms with Crippen molar-refractivity contribution in [2.45, 2.75) is 44.2 Å². The van der Waals surface area contributed by atoms with Gasteiger partial charge in [0.1, 0.15) is 29.2 Å². The van der Waals surface area contributed by atoms with Gasteiger partial charge in [0, 0.05) is 25.9 Å². The smallest absolute Gasteiger partial charge is 0.222 e. The van der Waals surface area contributed by atoms with Crippen molar-refractivity contribution >= 4 is 52.1 Å². The molecule has 2 aliphatic heterocycles. The van der Waals surface area contributed by atoms with E-state index in [-0.39, 0.29) is 28.2 Å². The van der Waals surface area contributed by atoms with Crippen LogP contribution < -0.4 is 27.8 Å². The molecule has 1 saturated heterocycles. The molecule has 3 aromatic rings. The number of H-pyrrole nitrogens is 1. The second-order valence-electron chi connectivity index (χ2n) is 9.03. The highest BCUT2D eigenvalue weighted by Gasteiger charge is 2.39. The summed E-state index contributed by atoms with van der Waals surface area (Å²) in [5.41, 5.74) is 18.9. The van der Waals surface area contributed by atoms with Crippen molar-refractivity contribution in [2.24, 2.45) is 4.99 Å². The summed E-state index contributed by atoms with van der Waals surface area (Å²) in [6.45, 7) is 2.31. The summed E-state index contributed by atoms with van der Waals surface area (Å²) < 4.78 is 0. The van der Waals surface area contributed by atoms with Crippen LogP contribution in [0.25, 0.3) is 11.2 Å². The van der Waals surface area contributed by atoms with Gasteiger partial charge in [-0.2, -0.15) is 0 Å². The molecule has 36 heavy (non-hydrogen) atoms. The number of aromatic amines is 1. The molecule has 0 atom stereocenters. The van der Waals surface area contributed by atoms with Crippen LogP contribution in [-0.4, -0.2) is 71.8 Å². The zero-order valence-corrected chi connectivity index (χ0v) is 20.3. The quantitative estimate of drug-likeness (QED) is 0.257.